The van der Waals surface area contributed by atoms with Gasteiger partial charge in [0.1, 0.15) is 5.38 Å². The lowest BCUT2D eigenvalue weighted by Crippen LogP contribution is -2.51. The second-order valence-corrected chi connectivity index (χ2v) is 9.19. The summed E-state index contributed by atoms with van der Waals surface area (Å²) in [6.45, 7) is 10.6. The van der Waals surface area contributed by atoms with Gasteiger partial charge in [0.15, 0.2) is 0 Å². The summed E-state index contributed by atoms with van der Waals surface area (Å²) < 4.78 is 0. The van der Waals surface area contributed by atoms with Crippen LogP contribution in [0.5, 0.6) is 0 Å². The number of anilines is 2. The van der Waals surface area contributed by atoms with Crippen molar-refractivity contribution in [2.45, 2.75) is 25.8 Å². The van der Waals surface area contributed by atoms with Gasteiger partial charge in [0, 0.05) is 70.7 Å². The molecular formula is C23H31ClN6O2. The molecule has 0 spiro atoms. The zero-order chi connectivity index (χ0) is 22.7. The first kappa shape index (κ1) is 22.6. The summed E-state index contributed by atoms with van der Waals surface area (Å²) in [4.78, 5) is 40.6. The van der Waals surface area contributed by atoms with Crippen molar-refractivity contribution >= 4 is 29.1 Å². The second kappa shape index (κ2) is 9.92. The number of H-pyrrole nitrogens is 1. The molecule has 32 heavy (non-hydrogen) atoms. The minimum atomic E-state index is -0.519. The van der Waals surface area contributed by atoms with Crippen molar-refractivity contribution in [1.82, 2.24) is 19.8 Å². The molecule has 4 rings (SSSR count). The number of carbonyl (C=O) groups is 1. The molecule has 2 aliphatic heterocycles. The number of piperazine rings is 2. The molecule has 0 radical (unpaired) electrons. The van der Waals surface area contributed by atoms with Crippen LogP contribution in [0.2, 0.25) is 0 Å². The first-order valence-corrected chi connectivity index (χ1v) is 11.7. The highest BCUT2D eigenvalue weighted by Crippen LogP contribution is 2.21. The van der Waals surface area contributed by atoms with E-state index in [9.17, 15) is 9.59 Å². The first-order chi connectivity index (χ1) is 15.4. The van der Waals surface area contributed by atoms with Gasteiger partial charge < -0.3 is 14.7 Å². The number of alkyl halides is 1. The van der Waals surface area contributed by atoms with Gasteiger partial charge in [0.05, 0.1) is 5.69 Å². The van der Waals surface area contributed by atoms with E-state index in [1.807, 2.05) is 4.90 Å². The lowest BCUT2D eigenvalue weighted by molar-refractivity contribution is -0.130. The molecule has 1 atom stereocenters. The molecule has 2 saturated heterocycles. The Kier molecular flexibility index (Phi) is 7.01. The quantitative estimate of drug-likeness (QED) is 0.687. The van der Waals surface area contributed by atoms with Gasteiger partial charge in [-0.2, -0.15) is 0 Å². The van der Waals surface area contributed by atoms with Crippen LogP contribution in [0.25, 0.3) is 0 Å². The Bertz CT molecular complexity index is 994. The van der Waals surface area contributed by atoms with Crippen LogP contribution in [0.3, 0.4) is 0 Å². The Morgan fingerprint density at radius 2 is 1.72 bits per heavy atom. The number of halogens is 1. The molecule has 1 N–H and O–H groups in total. The number of carbonyl (C=O) groups excluding carboxylic acids is 1. The average molecular weight is 459 g/mol. The maximum atomic E-state index is 12.3. The van der Waals surface area contributed by atoms with Gasteiger partial charge in [-0.3, -0.25) is 19.5 Å². The molecule has 172 valence electrons. The van der Waals surface area contributed by atoms with Crippen LogP contribution in [0.15, 0.2) is 35.1 Å². The summed E-state index contributed by atoms with van der Waals surface area (Å²) >= 11 is 5.93. The molecule has 0 saturated carbocycles. The third kappa shape index (κ3) is 5.24. The highest BCUT2D eigenvalue weighted by molar-refractivity contribution is 6.30. The number of nitrogens with zero attached hydrogens (tertiary/aromatic N) is 5. The lowest BCUT2D eigenvalue weighted by atomic mass is 10.1. The Morgan fingerprint density at radius 3 is 2.38 bits per heavy atom. The van der Waals surface area contributed by atoms with E-state index in [4.69, 9.17) is 16.6 Å². The van der Waals surface area contributed by atoms with Gasteiger partial charge >= 0.3 is 0 Å². The van der Waals surface area contributed by atoms with E-state index < -0.39 is 5.38 Å². The molecule has 1 aromatic carbocycles. The number of para-hydroxylation sites is 1. The highest BCUT2D eigenvalue weighted by atomic mass is 35.5. The minimum absolute atomic E-state index is 0.0497. The van der Waals surface area contributed by atoms with Crippen LogP contribution in [-0.4, -0.2) is 83.4 Å². The van der Waals surface area contributed by atoms with Crippen molar-refractivity contribution in [3.63, 3.8) is 0 Å². The molecule has 0 unspecified atom stereocenters. The molecule has 1 amide bonds. The van der Waals surface area contributed by atoms with Crippen molar-refractivity contribution in [1.29, 1.82) is 0 Å². The zero-order valence-corrected chi connectivity index (χ0v) is 19.5. The monoisotopic (exact) mass is 458 g/mol. The summed E-state index contributed by atoms with van der Waals surface area (Å²) in [5, 5.41) is -0.519. The van der Waals surface area contributed by atoms with Gasteiger partial charge in [-0.05, 0) is 25.5 Å². The summed E-state index contributed by atoms with van der Waals surface area (Å²) in [7, 11) is 0. The van der Waals surface area contributed by atoms with Crippen LogP contribution in [0.4, 0.5) is 11.6 Å². The fourth-order valence-electron chi connectivity index (χ4n) is 4.41. The predicted molar refractivity (Wildman–Crippen MR) is 128 cm³/mol. The van der Waals surface area contributed by atoms with E-state index in [1.165, 1.54) is 11.3 Å². The number of amides is 1. The molecular weight excluding hydrogens is 428 g/mol. The average Bonchev–Trinajstić information content (AvgIpc) is 2.79. The zero-order valence-electron chi connectivity index (χ0n) is 18.8. The van der Waals surface area contributed by atoms with Gasteiger partial charge in [0.2, 0.25) is 11.9 Å². The molecule has 0 bridgehead atoms. The van der Waals surface area contributed by atoms with E-state index in [0.717, 1.165) is 31.9 Å². The number of hydrogen-bond donors (Lipinski definition) is 1. The van der Waals surface area contributed by atoms with E-state index in [1.54, 1.807) is 17.9 Å². The van der Waals surface area contributed by atoms with Crippen molar-refractivity contribution < 1.29 is 4.79 Å². The lowest BCUT2D eigenvalue weighted by Gasteiger charge is -2.37. The summed E-state index contributed by atoms with van der Waals surface area (Å²) in [6, 6.07) is 10.1. The number of aromatic nitrogens is 2. The smallest absolute Gasteiger partial charge is 0.252 e. The number of rotatable bonds is 5. The number of nitrogens with one attached hydrogen (secondary N) is 1. The van der Waals surface area contributed by atoms with Crippen molar-refractivity contribution in [3.8, 4) is 0 Å². The van der Waals surface area contributed by atoms with Crippen molar-refractivity contribution in [3.05, 3.63) is 51.9 Å². The van der Waals surface area contributed by atoms with Gasteiger partial charge in [-0.25, -0.2) is 4.98 Å². The van der Waals surface area contributed by atoms with E-state index in [0.29, 0.717) is 38.7 Å². The SMILES string of the molecule is Cc1ccccc1N1CCN(Cc2cc(=O)[nH]c(N3CCN(C(=O)[C@@H](C)Cl)CC3)n2)CC1. The standard InChI is InChI=1S/C23H31ClN6O2/c1-17-5-3-4-6-20(17)28-9-7-27(8-10-28)16-19-15-21(31)26-23(25-19)30-13-11-29(12-14-30)22(32)18(2)24/h3-6,15,18H,7-14,16H2,1-2H3,(H,25,26,31)/t18-/m1/s1. The molecule has 0 aliphatic carbocycles. The molecule has 2 aliphatic rings. The van der Waals surface area contributed by atoms with Crippen LogP contribution in [-0.2, 0) is 11.3 Å². The van der Waals surface area contributed by atoms with Gasteiger partial charge in [0.25, 0.3) is 5.56 Å². The normalized spacial score (nSPS) is 18.7. The van der Waals surface area contributed by atoms with Gasteiger partial charge in [-0.15, -0.1) is 11.6 Å². The maximum Gasteiger partial charge on any atom is 0.252 e. The minimum Gasteiger partial charge on any atom is -0.369 e. The maximum absolute atomic E-state index is 12.3. The molecule has 2 aromatic rings. The van der Waals surface area contributed by atoms with Crippen LogP contribution < -0.4 is 15.4 Å². The Morgan fingerprint density at radius 1 is 1.06 bits per heavy atom. The largest absolute Gasteiger partial charge is 0.369 e. The van der Waals surface area contributed by atoms with E-state index in [2.05, 4.69) is 46.0 Å². The summed E-state index contributed by atoms with van der Waals surface area (Å²) in [5.41, 5.74) is 3.23. The molecule has 1 aromatic heterocycles. The van der Waals surface area contributed by atoms with Crippen molar-refractivity contribution in [2.75, 3.05) is 62.2 Å². The third-order valence-corrected chi connectivity index (χ3v) is 6.41. The molecule has 2 fully saturated rings. The van der Waals surface area contributed by atoms with Gasteiger partial charge in [-0.1, -0.05) is 18.2 Å². The predicted octanol–water partition coefficient (Wildman–Crippen LogP) is 1.68. The molecule has 8 nitrogen and oxygen atoms in total. The number of aromatic amines is 1. The Balaban J connectivity index is 1.35. The van der Waals surface area contributed by atoms with Crippen LogP contribution in [0.1, 0.15) is 18.2 Å². The Labute approximate surface area is 193 Å². The fraction of sp³-hybridized carbons (Fsp3) is 0.522. The van der Waals surface area contributed by atoms with Crippen LogP contribution >= 0.6 is 11.6 Å². The number of aryl methyl sites for hydroxylation is 1. The third-order valence-electron chi connectivity index (χ3n) is 6.23. The fourth-order valence-corrected chi connectivity index (χ4v) is 4.55. The number of hydrogen-bond acceptors (Lipinski definition) is 6. The molecule has 3 heterocycles. The topological polar surface area (TPSA) is 75.8 Å². The van der Waals surface area contributed by atoms with Crippen LogP contribution in [0, 0.1) is 6.92 Å². The first-order valence-electron chi connectivity index (χ1n) is 11.2. The van der Waals surface area contributed by atoms with E-state index in [-0.39, 0.29) is 11.5 Å². The van der Waals surface area contributed by atoms with E-state index >= 15 is 0 Å². The Hall–Kier alpha value is -2.58. The summed E-state index contributed by atoms with van der Waals surface area (Å²) in [5.74, 6) is 0.531. The number of benzene rings is 1. The van der Waals surface area contributed by atoms with Crippen molar-refractivity contribution in [2.24, 2.45) is 0 Å². The molecule has 9 heteroatoms. The second-order valence-electron chi connectivity index (χ2n) is 8.54. The summed E-state index contributed by atoms with van der Waals surface area (Å²) in [6.07, 6.45) is 0. The highest BCUT2D eigenvalue weighted by Gasteiger charge is 2.25.